The van der Waals surface area contributed by atoms with Crippen molar-refractivity contribution in [3.8, 4) is 11.4 Å². The minimum absolute atomic E-state index is 0.280. The van der Waals surface area contributed by atoms with Crippen molar-refractivity contribution in [2.45, 2.75) is 0 Å². The SMILES string of the molecule is CON(C)C(=O)c1cnc(-c2ccccc2)nc1. The zero-order chi connectivity index (χ0) is 13.0. The third-order valence-electron chi connectivity index (χ3n) is 2.49. The molecule has 2 aromatic rings. The Hall–Kier alpha value is -2.27. The quantitative estimate of drug-likeness (QED) is 0.771. The Morgan fingerprint density at radius 3 is 2.33 bits per heavy atom. The van der Waals surface area contributed by atoms with Gasteiger partial charge in [0.05, 0.1) is 12.7 Å². The van der Waals surface area contributed by atoms with Crippen LogP contribution in [-0.4, -0.2) is 35.1 Å². The van der Waals surface area contributed by atoms with Crippen molar-refractivity contribution < 1.29 is 9.63 Å². The summed E-state index contributed by atoms with van der Waals surface area (Å²) in [5, 5.41) is 1.13. The third kappa shape index (κ3) is 2.52. The number of nitrogens with zero attached hydrogens (tertiary/aromatic N) is 3. The summed E-state index contributed by atoms with van der Waals surface area (Å²) in [6.45, 7) is 0. The van der Waals surface area contributed by atoms with Crippen LogP contribution < -0.4 is 0 Å². The Labute approximate surface area is 105 Å². The van der Waals surface area contributed by atoms with E-state index in [1.165, 1.54) is 26.6 Å². The average Bonchev–Trinajstić information content (AvgIpc) is 2.47. The van der Waals surface area contributed by atoms with E-state index in [1.54, 1.807) is 0 Å². The van der Waals surface area contributed by atoms with Gasteiger partial charge < -0.3 is 0 Å². The lowest BCUT2D eigenvalue weighted by Crippen LogP contribution is -2.25. The molecule has 1 amide bonds. The lowest BCUT2D eigenvalue weighted by Gasteiger charge is -2.12. The molecule has 0 bridgehead atoms. The normalized spacial score (nSPS) is 10.1. The molecule has 92 valence electrons. The summed E-state index contributed by atoms with van der Waals surface area (Å²) >= 11 is 0. The summed E-state index contributed by atoms with van der Waals surface area (Å²) in [5.74, 6) is 0.310. The lowest BCUT2D eigenvalue weighted by atomic mass is 10.2. The second kappa shape index (κ2) is 5.37. The largest absolute Gasteiger partial charge is 0.280 e. The van der Waals surface area contributed by atoms with Crippen LogP contribution in [0.3, 0.4) is 0 Å². The molecule has 0 N–H and O–H groups in total. The molecule has 0 aliphatic carbocycles. The van der Waals surface area contributed by atoms with Gasteiger partial charge >= 0.3 is 0 Å². The number of benzene rings is 1. The number of carbonyl (C=O) groups is 1. The molecule has 0 radical (unpaired) electrons. The number of hydroxylamine groups is 2. The summed E-state index contributed by atoms with van der Waals surface area (Å²) < 4.78 is 0. The van der Waals surface area contributed by atoms with E-state index in [2.05, 4.69) is 9.97 Å². The van der Waals surface area contributed by atoms with Crippen molar-refractivity contribution in [3.63, 3.8) is 0 Å². The first-order valence-corrected chi connectivity index (χ1v) is 5.42. The number of carbonyl (C=O) groups excluding carboxylic acids is 1. The van der Waals surface area contributed by atoms with Gasteiger partial charge in [-0.15, -0.1) is 0 Å². The molecule has 1 aromatic heterocycles. The van der Waals surface area contributed by atoms with E-state index in [-0.39, 0.29) is 5.91 Å². The van der Waals surface area contributed by atoms with Crippen LogP contribution in [0.4, 0.5) is 0 Å². The maximum atomic E-state index is 11.7. The summed E-state index contributed by atoms with van der Waals surface area (Å²) in [5.41, 5.74) is 1.30. The van der Waals surface area contributed by atoms with E-state index in [0.717, 1.165) is 10.6 Å². The van der Waals surface area contributed by atoms with E-state index in [9.17, 15) is 4.79 Å². The summed E-state index contributed by atoms with van der Waals surface area (Å²) in [7, 11) is 2.96. The van der Waals surface area contributed by atoms with Gasteiger partial charge in [0.15, 0.2) is 5.82 Å². The van der Waals surface area contributed by atoms with E-state index in [0.29, 0.717) is 11.4 Å². The van der Waals surface area contributed by atoms with Crippen molar-refractivity contribution >= 4 is 5.91 Å². The molecule has 0 fully saturated rings. The number of amides is 1. The molecule has 1 heterocycles. The van der Waals surface area contributed by atoms with Crippen LogP contribution in [0.5, 0.6) is 0 Å². The maximum Gasteiger partial charge on any atom is 0.280 e. The lowest BCUT2D eigenvalue weighted by molar-refractivity contribution is -0.0757. The fourth-order valence-corrected chi connectivity index (χ4v) is 1.44. The average molecular weight is 243 g/mol. The van der Waals surface area contributed by atoms with Gasteiger partial charge in [-0.1, -0.05) is 30.3 Å². The fraction of sp³-hybridized carbons (Fsp3) is 0.154. The highest BCUT2D eigenvalue weighted by molar-refractivity contribution is 5.92. The first-order valence-electron chi connectivity index (χ1n) is 5.42. The Balaban J connectivity index is 2.23. The van der Waals surface area contributed by atoms with Crippen LogP contribution in [0.2, 0.25) is 0 Å². The molecule has 5 heteroatoms. The first kappa shape index (κ1) is 12.2. The monoisotopic (exact) mass is 243 g/mol. The summed E-state index contributed by atoms with van der Waals surface area (Å²) in [4.78, 5) is 24.9. The second-order valence-electron chi connectivity index (χ2n) is 3.65. The minimum Gasteiger partial charge on any atom is -0.274 e. The van der Waals surface area contributed by atoms with E-state index in [1.807, 2.05) is 30.3 Å². The predicted octanol–water partition coefficient (Wildman–Crippen LogP) is 1.78. The Morgan fingerprint density at radius 1 is 1.17 bits per heavy atom. The second-order valence-corrected chi connectivity index (χ2v) is 3.65. The number of rotatable bonds is 3. The molecule has 0 spiro atoms. The third-order valence-corrected chi connectivity index (χ3v) is 2.49. The topological polar surface area (TPSA) is 55.3 Å². The Bertz CT molecular complexity index is 526. The molecule has 5 nitrogen and oxygen atoms in total. The van der Waals surface area contributed by atoms with Crippen LogP contribution in [0.15, 0.2) is 42.7 Å². The number of aromatic nitrogens is 2. The summed E-state index contributed by atoms with van der Waals surface area (Å²) in [6, 6.07) is 9.58. The first-order chi connectivity index (χ1) is 8.72. The minimum atomic E-state index is -0.280. The van der Waals surface area contributed by atoms with Gasteiger partial charge in [0.1, 0.15) is 0 Å². The Kier molecular flexibility index (Phi) is 3.64. The van der Waals surface area contributed by atoms with Gasteiger partial charge in [-0.2, -0.15) is 0 Å². The van der Waals surface area contributed by atoms with E-state index >= 15 is 0 Å². The summed E-state index contributed by atoms with van der Waals surface area (Å²) in [6.07, 6.45) is 2.99. The zero-order valence-electron chi connectivity index (χ0n) is 10.2. The molecule has 1 aromatic carbocycles. The molecular formula is C13H13N3O2. The van der Waals surface area contributed by atoms with Crippen LogP contribution in [0, 0.1) is 0 Å². The van der Waals surface area contributed by atoms with Crippen LogP contribution in [0.25, 0.3) is 11.4 Å². The zero-order valence-corrected chi connectivity index (χ0v) is 10.2. The van der Waals surface area contributed by atoms with Crippen molar-refractivity contribution in [1.29, 1.82) is 0 Å². The maximum absolute atomic E-state index is 11.7. The molecule has 0 unspecified atom stereocenters. The van der Waals surface area contributed by atoms with E-state index in [4.69, 9.17) is 4.84 Å². The van der Waals surface area contributed by atoms with Crippen LogP contribution in [0.1, 0.15) is 10.4 Å². The predicted molar refractivity (Wildman–Crippen MR) is 66.6 cm³/mol. The molecule has 0 aliphatic rings. The van der Waals surface area contributed by atoms with Gasteiger partial charge in [-0.05, 0) is 0 Å². The fourth-order valence-electron chi connectivity index (χ4n) is 1.44. The van der Waals surface area contributed by atoms with Gasteiger partial charge in [0.25, 0.3) is 5.91 Å². The molecule has 2 rings (SSSR count). The number of hydrogen-bond acceptors (Lipinski definition) is 4. The van der Waals surface area contributed by atoms with Gasteiger partial charge in [0, 0.05) is 25.0 Å². The highest BCUT2D eigenvalue weighted by Crippen LogP contribution is 2.13. The van der Waals surface area contributed by atoms with Crippen molar-refractivity contribution in [3.05, 3.63) is 48.3 Å². The van der Waals surface area contributed by atoms with Crippen molar-refractivity contribution in [2.24, 2.45) is 0 Å². The van der Waals surface area contributed by atoms with Gasteiger partial charge in [-0.3, -0.25) is 9.63 Å². The van der Waals surface area contributed by atoms with Crippen molar-refractivity contribution in [1.82, 2.24) is 15.0 Å². The molecule has 0 atom stereocenters. The van der Waals surface area contributed by atoms with Crippen LogP contribution in [-0.2, 0) is 4.84 Å². The van der Waals surface area contributed by atoms with Crippen LogP contribution >= 0.6 is 0 Å². The van der Waals surface area contributed by atoms with Gasteiger partial charge in [0.2, 0.25) is 0 Å². The number of hydrogen-bond donors (Lipinski definition) is 0. The van der Waals surface area contributed by atoms with Crippen molar-refractivity contribution in [2.75, 3.05) is 14.2 Å². The van der Waals surface area contributed by atoms with Gasteiger partial charge in [-0.25, -0.2) is 15.0 Å². The molecular weight excluding hydrogens is 230 g/mol. The molecule has 0 saturated carbocycles. The highest BCUT2D eigenvalue weighted by atomic mass is 16.7. The molecule has 0 saturated heterocycles. The highest BCUT2D eigenvalue weighted by Gasteiger charge is 2.12. The smallest absolute Gasteiger partial charge is 0.274 e. The standard InChI is InChI=1S/C13H13N3O2/c1-16(18-2)13(17)11-8-14-12(15-9-11)10-6-4-3-5-7-10/h3-9H,1-2H3. The van der Waals surface area contributed by atoms with E-state index < -0.39 is 0 Å². The molecule has 18 heavy (non-hydrogen) atoms. The molecule has 0 aliphatic heterocycles. The Morgan fingerprint density at radius 2 is 1.78 bits per heavy atom.